The van der Waals surface area contributed by atoms with E-state index in [0.717, 1.165) is 36.3 Å². The number of hydrogen-bond acceptors (Lipinski definition) is 5. The van der Waals surface area contributed by atoms with E-state index >= 15 is 0 Å². The molecule has 1 saturated carbocycles. The molecule has 2 heterocycles. The smallest absolute Gasteiger partial charge is 0.193 e. The summed E-state index contributed by atoms with van der Waals surface area (Å²) in [6.45, 7) is 0. The summed E-state index contributed by atoms with van der Waals surface area (Å²) < 4.78 is 7.73. The number of thiazole rings is 1. The van der Waals surface area contributed by atoms with Crippen LogP contribution in [-0.2, 0) is 11.2 Å². The molecule has 3 rings (SSSR count). The Bertz CT molecular complexity index is 512. The molecular formula is C13H20N4OS. The van der Waals surface area contributed by atoms with Gasteiger partial charge < -0.3 is 4.74 Å². The first-order valence-electron chi connectivity index (χ1n) is 6.67. The third kappa shape index (κ3) is 2.53. The van der Waals surface area contributed by atoms with Crippen molar-refractivity contribution in [3.8, 4) is 0 Å². The molecule has 0 aliphatic heterocycles. The van der Waals surface area contributed by atoms with Crippen LogP contribution in [0.3, 0.4) is 0 Å². The Labute approximate surface area is 116 Å². The van der Waals surface area contributed by atoms with Crippen molar-refractivity contribution in [2.75, 3.05) is 7.11 Å². The van der Waals surface area contributed by atoms with Crippen molar-refractivity contribution in [3.05, 3.63) is 23.5 Å². The van der Waals surface area contributed by atoms with Gasteiger partial charge in [-0.25, -0.2) is 4.98 Å². The van der Waals surface area contributed by atoms with Gasteiger partial charge >= 0.3 is 0 Å². The Morgan fingerprint density at radius 3 is 3.05 bits per heavy atom. The van der Waals surface area contributed by atoms with Crippen LogP contribution in [0.4, 0.5) is 0 Å². The van der Waals surface area contributed by atoms with Crippen LogP contribution in [0.5, 0.6) is 0 Å². The molecule has 0 radical (unpaired) electrons. The van der Waals surface area contributed by atoms with E-state index in [0.29, 0.717) is 0 Å². The van der Waals surface area contributed by atoms with E-state index < -0.39 is 0 Å². The zero-order chi connectivity index (χ0) is 13.3. The zero-order valence-electron chi connectivity index (χ0n) is 11.1. The molecule has 2 aromatic heterocycles. The second-order valence-corrected chi connectivity index (χ2v) is 6.21. The van der Waals surface area contributed by atoms with Crippen molar-refractivity contribution in [2.24, 2.45) is 5.84 Å². The maximum atomic E-state index is 5.69. The molecule has 2 aromatic rings. The largest absolute Gasteiger partial charge is 0.378 e. The normalized spacial score (nSPS) is 19.5. The van der Waals surface area contributed by atoms with Gasteiger partial charge in [-0.1, -0.05) is 0 Å². The second kappa shape index (κ2) is 5.20. The summed E-state index contributed by atoms with van der Waals surface area (Å²) in [7, 11) is 1.80. The number of imidazole rings is 1. The molecule has 3 N–H and O–H groups in total. The van der Waals surface area contributed by atoms with Gasteiger partial charge in [-0.2, -0.15) is 0 Å². The molecule has 0 aromatic carbocycles. The average molecular weight is 280 g/mol. The molecule has 1 aliphatic rings. The molecule has 1 unspecified atom stereocenters. The summed E-state index contributed by atoms with van der Waals surface area (Å²) in [5.74, 6) is 5.69. The van der Waals surface area contributed by atoms with Gasteiger partial charge in [0.25, 0.3) is 0 Å². The molecule has 0 spiro atoms. The predicted octanol–water partition coefficient (Wildman–Crippen LogP) is 1.73. The van der Waals surface area contributed by atoms with Crippen LogP contribution in [0.2, 0.25) is 0 Å². The van der Waals surface area contributed by atoms with Crippen molar-refractivity contribution < 1.29 is 4.74 Å². The van der Waals surface area contributed by atoms with Crippen molar-refractivity contribution in [2.45, 2.75) is 43.7 Å². The Morgan fingerprint density at radius 2 is 2.47 bits per heavy atom. The van der Waals surface area contributed by atoms with E-state index in [1.165, 1.54) is 6.42 Å². The highest BCUT2D eigenvalue weighted by atomic mass is 32.1. The minimum absolute atomic E-state index is 0.0359. The molecule has 0 bridgehead atoms. The van der Waals surface area contributed by atoms with Crippen molar-refractivity contribution >= 4 is 16.3 Å². The summed E-state index contributed by atoms with van der Waals surface area (Å²) in [6, 6.07) is 0.213. The molecule has 0 amide bonds. The monoisotopic (exact) mass is 280 g/mol. The summed E-state index contributed by atoms with van der Waals surface area (Å²) in [4.78, 5) is 5.64. The van der Waals surface area contributed by atoms with Gasteiger partial charge in [-0.05, 0) is 25.7 Å². The lowest BCUT2D eigenvalue weighted by Gasteiger charge is -2.42. The summed E-state index contributed by atoms with van der Waals surface area (Å²) in [5.41, 5.74) is 4.04. The van der Waals surface area contributed by atoms with E-state index in [1.807, 2.05) is 11.6 Å². The first kappa shape index (κ1) is 13.1. The molecule has 1 fully saturated rings. The van der Waals surface area contributed by atoms with Crippen LogP contribution in [-0.4, -0.2) is 28.1 Å². The van der Waals surface area contributed by atoms with Crippen molar-refractivity contribution in [1.29, 1.82) is 0 Å². The summed E-state index contributed by atoms with van der Waals surface area (Å²) in [6.07, 6.45) is 9.44. The number of nitrogens with zero attached hydrogens (tertiary/aromatic N) is 2. The van der Waals surface area contributed by atoms with Gasteiger partial charge in [0, 0.05) is 37.3 Å². The first-order valence-corrected chi connectivity index (χ1v) is 7.55. The maximum absolute atomic E-state index is 5.69. The fourth-order valence-electron chi connectivity index (χ4n) is 2.83. The summed E-state index contributed by atoms with van der Waals surface area (Å²) >= 11 is 1.65. The molecule has 1 aliphatic carbocycles. The maximum Gasteiger partial charge on any atom is 0.193 e. The number of fused-ring (bicyclic) bond motifs is 1. The van der Waals surface area contributed by atoms with Crippen LogP contribution < -0.4 is 11.3 Å². The lowest BCUT2D eigenvalue weighted by atomic mass is 9.75. The lowest BCUT2D eigenvalue weighted by Crippen LogP contribution is -2.48. The third-order valence-corrected chi connectivity index (χ3v) is 4.92. The topological polar surface area (TPSA) is 64.6 Å². The van der Waals surface area contributed by atoms with E-state index in [9.17, 15) is 0 Å². The number of aromatic nitrogens is 2. The number of rotatable bonds is 6. The molecule has 104 valence electrons. The van der Waals surface area contributed by atoms with Crippen LogP contribution in [0.25, 0.3) is 4.96 Å². The van der Waals surface area contributed by atoms with Crippen molar-refractivity contribution in [1.82, 2.24) is 14.8 Å². The fourth-order valence-corrected chi connectivity index (χ4v) is 3.55. The Hall–Kier alpha value is -0.950. The SMILES string of the molecule is COC1(CC(Cc2cn3ccsc3n2)NN)CCC1. The van der Waals surface area contributed by atoms with Crippen LogP contribution in [0, 0.1) is 0 Å². The van der Waals surface area contributed by atoms with Gasteiger partial charge in [0.15, 0.2) is 4.96 Å². The van der Waals surface area contributed by atoms with Crippen LogP contribution in [0.15, 0.2) is 17.8 Å². The molecule has 0 saturated heterocycles. The molecule has 5 nitrogen and oxygen atoms in total. The highest BCUT2D eigenvalue weighted by Crippen LogP contribution is 2.39. The average Bonchev–Trinajstić information content (AvgIpc) is 2.92. The second-order valence-electron chi connectivity index (χ2n) is 5.34. The number of methoxy groups -OCH3 is 1. The standard InChI is InChI=1S/C13H20N4OS/c1-18-13(3-2-4-13)8-10(16-14)7-11-9-17-5-6-19-12(17)15-11/h5-6,9-10,16H,2-4,7-8,14H2,1H3. The number of nitrogens with one attached hydrogen (secondary N) is 1. The van der Waals surface area contributed by atoms with E-state index in [-0.39, 0.29) is 11.6 Å². The lowest BCUT2D eigenvalue weighted by molar-refractivity contribution is -0.0834. The summed E-state index contributed by atoms with van der Waals surface area (Å²) in [5, 5.41) is 2.04. The number of ether oxygens (including phenoxy) is 1. The fraction of sp³-hybridized carbons (Fsp3) is 0.615. The number of hydrogen-bond donors (Lipinski definition) is 2. The molecule has 6 heteroatoms. The van der Waals surface area contributed by atoms with E-state index in [4.69, 9.17) is 10.6 Å². The van der Waals surface area contributed by atoms with Crippen LogP contribution in [0.1, 0.15) is 31.4 Å². The van der Waals surface area contributed by atoms with Crippen molar-refractivity contribution in [3.63, 3.8) is 0 Å². The Morgan fingerprint density at radius 1 is 1.63 bits per heavy atom. The molecule has 1 atom stereocenters. The third-order valence-electron chi connectivity index (χ3n) is 4.15. The quantitative estimate of drug-likeness (QED) is 0.625. The van der Waals surface area contributed by atoms with E-state index in [1.54, 1.807) is 18.4 Å². The predicted molar refractivity (Wildman–Crippen MR) is 76.1 cm³/mol. The van der Waals surface area contributed by atoms with Gasteiger partial charge in [0.2, 0.25) is 0 Å². The van der Waals surface area contributed by atoms with Crippen LogP contribution >= 0.6 is 11.3 Å². The minimum atomic E-state index is 0.0359. The van der Waals surface area contributed by atoms with Gasteiger partial charge in [0.1, 0.15) is 0 Å². The first-order chi connectivity index (χ1) is 9.24. The molecule has 19 heavy (non-hydrogen) atoms. The highest BCUT2D eigenvalue weighted by Gasteiger charge is 2.38. The number of hydrazine groups is 1. The Kier molecular flexibility index (Phi) is 3.58. The minimum Gasteiger partial charge on any atom is -0.378 e. The number of nitrogens with two attached hydrogens (primary N) is 1. The van der Waals surface area contributed by atoms with E-state index in [2.05, 4.69) is 21.0 Å². The zero-order valence-corrected chi connectivity index (χ0v) is 11.9. The van der Waals surface area contributed by atoms with Gasteiger partial charge in [0.05, 0.1) is 11.3 Å². The Balaban J connectivity index is 1.67. The highest BCUT2D eigenvalue weighted by molar-refractivity contribution is 7.15. The van der Waals surface area contributed by atoms with Gasteiger partial charge in [-0.15, -0.1) is 11.3 Å². The van der Waals surface area contributed by atoms with Gasteiger partial charge in [-0.3, -0.25) is 15.7 Å². The molecular weight excluding hydrogens is 260 g/mol.